The number of hydrogen-bond acceptors (Lipinski definition) is 9. The summed E-state index contributed by atoms with van der Waals surface area (Å²) < 4.78 is 10.1. The van der Waals surface area contributed by atoms with Gasteiger partial charge in [-0.2, -0.15) is 5.10 Å². The van der Waals surface area contributed by atoms with E-state index in [1.54, 1.807) is 29.8 Å². The largest absolute Gasteiger partial charge is 2.00 e. The van der Waals surface area contributed by atoms with Crippen LogP contribution in [0.3, 0.4) is 0 Å². The summed E-state index contributed by atoms with van der Waals surface area (Å²) in [6.45, 7) is 0.717. The molecule has 1 amide bonds. The van der Waals surface area contributed by atoms with Crippen molar-refractivity contribution in [2.24, 2.45) is 4.99 Å². The second-order valence-corrected chi connectivity index (χ2v) is 12.3. The fourth-order valence-electron chi connectivity index (χ4n) is 5.59. The Labute approximate surface area is 305 Å². The van der Waals surface area contributed by atoms with Crippen LogP contribution in [0, 0.1) is 6.20 Å². The molecule has 3 aromatic carbocycles. The molecule has 252 valence electrons. The third kappa shape index (κ3) is 9.44. The molecule has 0 spiro atoms. The van der Waals surface area contributed by atoms with E-state index in [0.29, 0.717) is 31.0 Å². The van der Waals surface area contributed by atoms with Crippen molar-refractivity contribution < 1.29 is 45.2 Å². The van der Waals surface area contributed by atoms with Crippen LogP contribution in [0.25, 0.3) is 0 Å². The number of nitrogens with one attached hydrogen (secondary N) is 1. The molecule has 0 bridgehead atoms. The summed E-state index contributed by atoms with van der Waals surface area (Å²) in [5, 5.41) is 20.0. The van der Waals surface area contributed by atoms with Crippen molar-refractivity contribution in [2.75, 3.05) is 39.6 Å². The van der Waals surface area contributed by atoms with Gasteiger partial charge in [-0.1, -0.05) is 116 Å². The van der Waals surface area contributed by atoms with Crippen LogP contribution in [-0.2, 0) is 46.5 Å². The Bertz CT molecular complexity index is 1630. The number of rotatable bonds is 15. The zero-order valence-corrected chi connectivity index (χ0v) is 31.0. The van der Waals surface area contributed by atoms with Crippen molar-refractivity contribution in [3.8, 4) is 0 Å². The molecule has 10 nitrogen and oxygen atoms in total. The molecule has 0 aliphatic carbocycles. The Morgan fingerprint density at radius 3 is 2.08 bits per heavy atom. The number of carboxylic acid groups (broad SMARTS) is 1. The molecule has 5 rings (SSSR count). The number of aliphatic imine (C=N–C) groups is 1. The zero-order valence-electron chi connectivity index (χ0n) is 27.2. The predicted octanol–water partition coefficient (Wildman–Crippen LogP) is 4.82. The van der Waals surface area contributed by atoms with Gasteiger partial charge in [-0.25, -0.2) is 0 Å². The van der Waals surface area contributed by atoms with Crippen molar-refractivity contribution in [2.45, 2.75) is 23.7 Å². The maximum absolute atomic E-state index is 13.5. The first-order valence-electron chi connectivity index (χ1n) is 15.5. The van der Waals surface area contributed by atoms with E-state index < -0.39 is 10.7 Å². The van der Waals surface area contributed by atoms with Gasteiger partial charge in [0.2, 0.25) is 0 Å². The van der Waals surface area contributed by atoms with Crippen molar-refractivity contribution >= 4 is 29.9 Å². The first-order valence-corrected chi connectivity index (χ1v) is 16.5. The average molecular weight is 848 g/mol. The maximum atomic E-state index is 13.5. The van der Waals surface area contributed by atoms with E-state index in [0.717, 1.165) is 28.7 Å². The molecule has 2 heterocycles. The first-order chi connectivity index (χ1) is 23.4. The number of aryl methyl sites for hydroxylation is 1. The number of benzene rings is 3. The molecule has 1 aromatic heterocycles. The minimum Gasteiger partial charge on any atom is -0.570 e. The van der Waals surface area contributed by atoms with Crippen LogP contribution in [0.1, 0.15) is 44.9 Å². The summed E-state index contributed by atoms with van der Waals surface area (Å²) >= 11 is 1.79. The summed E-state index contributed by atoms with van der Waals surface area (Å²) in [6.07, 6.45) is 6.74. The Morgan fingerprint density at radius 2 is 1.57 bits per heavy atom. The summed E-state index contributed by atoms with van der Waals surface area (Å²) in [5.41, 5.74) is 4.73. The van der Waals surface area contributed by atoms with Gasteiger partial charge in [0, 0.05) is 20.2 Å². The molecule has 49 heavy (non-hydrogen) atoms. The number of amides is 1. The number of carbonyl (C=O) groups is 2. The van der Waals surface area contributed by atoms with E-state index in [1.165, 1.54) is 7.11 Å². The predicted molar refractivity (Wildman–Crippen MR) is 185 cm³/mol. The standard InChI is InChI=1S/C37H37N5O5S.W/c1-46-31-18-20-42(26-31)36(45)32-22-27(33(41-40-32)23-39-34(47-2)24-38-25-35(43)44)19-21-48-37(28-12-6-3-7-13-28,29-14-8-4-9-15-29)30-16-10-5-11-17-30;/h3-17,22,31,38H,18-21,25-26H2,1-2H3,(H,43,44);/q-2;+2. The van der Waals surface area contributed by atoms with Crippen LogP contribution in [-0.4, -0.2) is 84.0 Å². The molecule has 4 aromatic rings. The summed E-state index contributed by atoms with van der Waals surface area (Å²) in [6, 6.07) is 33.1. The first kappa shape index (κ1) is 37.5. The normalized spacial score (nSPS) is 14.8. The third-order valence-electron chi connectivity index (χ3n) is 7.98. The van der Waals surface area contributed by atoms with Gasteiger partial charge in [0.25, 0.3) is 5.91 Å². The Balaban J connectivity index is 0.00000541. The second kappa shape index (κ2) is 18.5. The molecule has 1 fully saturated rings. The number of methoxy groups -OCH3 is 2. The van der Waals surface area contributed by atoms with E-state index >= 15 is 0 Å². The number of thioether (sulfide) groups is 1. The molecular weight excluding hydrogens is 810 g/mol. The minimum absolute atomic E-state index is 0. The number of likely N-dealkylation sites (tertiary alicyclic amines) is 1. The van der Waals surface area contributed by atoms with Crippen molar-refractivity contribution in [1.82, 2.24) is 20.4 Å². The molecule has 1 aliphatic heterocycles. The van der Waals surface area contributed by atoms with E-state index in [1.807, 2.05) is 18.2 Å². The van der Waals surface area contributed by atoms with Crippen molar-refractivity contribution in [3.05, 3.63) is 143 Å². The number of ether oxygens (including phenoxy) is 2. The Hall–Kier alpha value is -4.31. The zero-order chi connectivity index (χ0) is 33.8. The van der Waals surface area contributed by atoms with Gasteiger partial charge in [-0.05, 0) is 34.6 Å². The molecular formula is C37H37N5O5SW. The fourth-order valence-corrected chi connectivity index (χ4v) is 7.13. The topological polar surface area (TPSA) is 126 Å². The number of hydrogen-bond donors (Lipinski definition) is 2. The van der Waals surface area contributed by atoms with Gasteiger partial charge >= 0.3 is 27.0 Å². The fraction of sp³-hybridized carbons (Fsp3) is 0.270. The van der Waals surface area contributed by atoms with Crippen LogP contribution in [0.15, 0.2) is 108 Å². The molecule has 1 aliphatic rings. The average Bonchev–Trinajstić information content (AvgIpc) is 3.62. The van der Waals surface area contributed by atoms with Crippen LogP contribution >= 0.6 is 11.8 Å². The monoisotopic (exact) mass is 847 g/mol. The maximum Gasteiger partial charge on any atom is 2.00 e. The van der Waals surface area contributed by atoms with E-state index in [9.17, 15) is 9.59 Å². The van der Waals surface area contributed by atoms with Crippen LogP contribution in [0.2, 0.25) is 0 Å². The van der Waals surface area contributed by atoms with Gasteiger partial charge in [0.15, 0.2) is 0 Å². The van der Waals surface area contributed by atoms with Gasteiger partial charge in [0.1, 0.15) is 5.69 Å². The summed E-state index contributed by atoms with van der Waals surface area (Å²) in [7, 11) is 3.04. The van der Waals surface area contributed by atoms with Crippen molar-refractivity contribution in [1.29, 1.82) is 0 Å². The Morgan fingerprint density at radius 1 is 0.980 bits per heavy atom. The van der Waals surface area contributed by atoms with Gasteiger partial charge < -0.3 is 36.0 Å². The van der Waals surface area contributed by atoms with E-state index in [-0.39, 0.29) is 51.2 Å². The summed E-state index contributed by atoms with van der Waals surface area (Å²) in [4.78, 5) is 30.3. The quantitative estimate of drug-likeness (QED) is 0.0570. The number of aliphatic carboxylic acids is 1. The Kier molecular flexibility index (Phi) is 14.1. The third-order valence-corrected chi connectivity index (χ3v) is 9.53. The van der Waals surface area contributed by atoms with E-state index in [2.05, 4.69) is 106 Å². The molecule has 1 unspecified atom stereocenters. The number of nitrogens with zero attached hydrogens (tertiary/aromatic N) is 4. The summed E-state index contributed by atoms with van der Waals surface area (Å²) in [5.74, 6) is -0.640. The van der Waals surface area contributed by atoms with Crippen molar-refractivity contribution in [3.63, 3.8) is 0 Å². The van der Waals surface area contributed by atoms with Crippen LogP contribution < -0.4 is 5.32 Å². The smallest absolute Gasteiger partial charge is 0.570 e. The van der Waals surface area contributed by atoms with Gasteiger partial charge in [-0.15, -0.1) is 22.4 Å². The molecule has 1 saturated heterocycles. The van der Waals surface area contributed by atoms with Crippen LogP contribution in [0.5, 0.6) is 0 Å². The van der Waals surface area contributed by atoms with Gasteiger partial charge in [-0.3, -0.25) is 9.59 Å². The number of carboxylic acids is 1. The van der Waals surface area contributed by atoms with Gasteiger partial charge in [0.05, 0.1) is 24.5 Å². The van der Waals surface area contributed by atoms with E-state index in [4.69, 9.17) is 14.6 Å². The van der Waals surface area contributed by atoms with Crippen LogP contribution in [0.4, 0.5) is 0 Å². The molecule has 1 atom stereocenters. The second-order valence-electron chi connectivity index (χ2n) is 11.0. The number of aromatic nitrogens is 2. The minimum atomic E-state index is -1.05. The molecule has 0 saturated carbocycles. The molecule has 0 radical (unpaired) electrons. The number of carbonyl (C=O) groups excluding carboxylic acids is 1. The molecule has 2 N–H and O–H groups in total. The molecule has 12 heteroatoms. The SMILES string of the molecule is COC(=[C-]NCC(=O)O)N=[C-]c1nnc(C(=O)N2CCC(OC)C2)cc1CCSC(c1ccccc1)(c1ccccc1)c1ccccc1.[W+2].